The van der Waals surface area contributed by atoms with Crippen molar-refractivity contribution in [3.63, 3.8) is 0 Å². The van der Waals surface area contributed by atoms with Gasteiger partial charge in [-0.25, -0.2) is 18.9 Å². The van der Waals surface area contributed by atoms with Gasteiger partial charge < -0.3 is 10.6 Å². The maximum absolute atomic E-state index is 13.0. The third-order valence-corrected chi connectivity index (χ3v) is 5.55. The molecular formula is C22H27Cl2N7O3S. The van der Waals surface area contributed by atoms with Crippen molar-refractivity contribution in [3.05, 3.63) is 58.6 Å². The second kappa shape index (κ2) is 13.1. The zero-order chi connectivity index (χ0) is 25.4. The highest BCUT2D eigenvalue weighted by Gasteiger charge is 2.21. The first kappa shape index (κ1) is 27.2. The van der Waals surface area contributed by atoms with E-state index in [0.29, 0.717) is 35.3 Å². The minimum absolute atomic E-state index is 0.0138. The lowest BCUT2D eigenvalue weighted by atomic mass is 10.0. The third-order valence-electron chi connectivity index (χ3n) is 4.55. The van der Waals surface area contributed by atoms with E-state index in [1.807, 2.05) is 26.0 Å². The lowest BCUT2D eigenvalue weighted by Gasteiger charge is -2.21. The Bertz CT molecular complexity index is 1110. The molecule has 1 amide bonds. The number of nitrogens with one attached hydrogen (secondary N) is 2. The standard InChI is InChI=1S/C22H27Cl2N7O3S/c1-14(2)11-18(21(32)26-13-15-5-7-16(23)8-6-15)27-19-12-17(28-22(24)29-19)20-25-9-10-31(20)35-34-33-30(3)4/h5-10,12,14,18H,11,13H2,1-4H3,(H,26,32)(H,27,28,29). The third kappa shape index (κ3) is 8.64. The first-order valence-electron chi connectivity index (χ1n) is 10.8. The van der Waals surface area contributed by atoms with Gasteiger partial charge in [0.1, 0.15) is 17.6 Å². The molecule has 2 heterocycles. The Kier molecular flexibility index (Phi) is 10.1. The van der Waals surface area contributed by atoms with Crippen LogP contribution in [0.15, 0.2) is 42.7 Å². The summed E-state index contributed by atoms with van der Waals surface area (Å²) in [6, 6.07) is 8.47. The molecule has 0 saturated heterocycles. The first-order valence-corrected chi connectivity index (χ1v) is 12.2. The van der Waals surface area contributed by atoms with Gasteiger partial charge in [0.2, 0.25) is 11.2 Å². The summed E-state index contributed by atoms with van der Waals surface area (Å²) in [7, 11) is 3.38. The number of halogens is 2. The minimum Gasteiger partial charge on any atom is -0.358 e. The number of aromatic nitrogens is 4. The summed E-state index contributed by atoms with van der Waals surface area (Å²) in [6.45, 7) is 4.47. The normalized spacial score (nSPS) is 12.2. The number of rotatable bonds is 12. The second-order valence-electron chi connectivity index (χ2n) is 8.18. The summed E-state index contributed by atoms with van der Waals surface area (Å²) < 4.78 is 6.71. The van der Waals surface area contributed by atoms with Gasteiger partial charge in [-0.1, -0.05) is 37.6 Å². The number of anilines is 1. The van der Waals surface area contributed by atoms with Gasteiger partial charge in [-0.05, 0) is 41.6 Å². The molecule has 1 atom stereocenters. The van der Waals surface area contributed by atoms with Crippen LogP contribution in [-0.4, -0.2) is 50.0 Å². The van der Waals surface area contributed by atoms with Crippen LogP contribution in [0.4, 0.5) is 5.82 Å². The van der Waals surface area contributed by atoms with E-state index in [1.54, 1.807) is 48.7 Å². The topological polar surface area (TPSA) is 106 Å². The van der Waals surface area contributed by atoms with Crippen molar-refractivity contribution >= 4 is 47.2 Å². The van der Waals surface area contributed by atoms with Crippen LogP contribution in [0.1, 0.15) is 25.8 Å². The van der Waals surface area contributed by atoms with Gasteiger partial charge in [0, 0.05) is 44.1 Å². The average molecular weight is 540 g/mol. The van der Waals surface area contributed by atoms with Crippen LogP contribution >= 0.6 is 35.4 Å². The number of carbonyl (C=O) groups excluding carboxylic acids is 1. The lowest BCUT2D eigenvalue weighted by molar-refractivity contribution is -0.340. The average Bonchev–Trinajstić information content (AvgIpc) is 3.26. The van der Waals surface area contributed by atoms with E-state index in [2.05, 4.69) is 25.6 Å². The van der Waals surface area contributed by atoms with Crippen LogP contribution in [0.25, 0.3) is 11.5 Å². The predicted octanol–water partition coefficient (Wildman–Crippen LogP) is 4.63. The molecule has 0 saturated carbocycles. The van der Waals surface area contributed by atoms with Crippen molar-refractivity contribution in [3.8, 4) is 11.5 Å². The second-order valence-corrected chi connectivity index (χ2v) is 9.64. The van der Waals surface area contributed by atoms with Crippen LogP contribution in [0.2, 0.25) is 10.3 Å². The van der Waals surface area contributed by atoms with Gasteiger partial charge in [-0.2, -0.15) is 5.06 Å². The largest absolute Gasteiger partial charge is 0.358 e. The number of amides is 1. The highest BCUT2D eigenvalue weighted by atomic mass is 35.5. The summed E-state index contributed by atoms with van der Waals surface area (Å²) in [5.41, 5.74) is 1.39. The van der Waals surface area contributed by atoms with Crippen molar-refractivity contribution in [2.24, 2.45) is 5.92 Å². The Morgan fingerprint density at radius 2 is 1.94 bits per heavy atom. The summed E-state index contributed by atoms with van der Waals surface area (Å²) >= 11 is 13.1. The van der Waals surface area contributed by atoms with Gasteiger partial charge in [0.25, 0.3) is 0 Å². The highest BCUT2D eigenvalue weighted by molar-refractivity contribution is 7.93. The van der Waals surface area contributed by atoms with Crippen LogP contribution in [0.3, 0.4) is 0 Å². The van der Waals surface area contributed by atoms with E-state index in [4.69, 9.17) is 32.5 Å². The van der Waals surface area contributed by atoms with Gasteiger partial charge in [0.05, 0.1) is 0 Å². The maximum atomic E-state index is 13.0. The van der Waals surface area contributed by atoms with Crippen molar-refractivity contribution in [1.82, 2.24) is 29.3 Å². The molecule has 0 aliphatic heterocycles. The first-order chi connectivity index (χ1) is 16.7. The SMILES string of the molecule is CC(C)CC(Nc1cc(-c2nccn2SOON(C)C)nc(Cl)n1)C(=O)NCc1ccc(Cl)cc1. The molecule has 0 aliphatic rings. The molecule has 2 aromatic heterocycles. The zero-order valence-corrected chi connectivity index (χ0v) is 22.1. The summed E-state index contributed by atoms with van der Waals surface area (Å²) in [4.78, 5) is 30.8. The molecule has 3 aromatic rings. The van der Waals surface area contributed by atoms with E-state index in [1.165, 1.54) is 5.06 Å². The Hall–Kier alpha value is -2.41. The Balaban J connectivity index is 1.74. The summed E-state index contributed by atoms with van der Waals surface area (Å²) in [6.07, 6.45) is 3.87. The predicted molar refractivity (Wildman–Crippen MR) is 137 cm³/mol. The van der Waals surface area contributed by atoms with Crippen molar-refractivity contribution in [1.29, 1.82) is 0 Å². The van der Waals surface area contributed by atoms with Gasteiger partial charge in [-0.3, -0.25) is 4.79 Å². The summed E-state index contributed by atoms with van der Waals surface area (Å²) in [5, 5.41) is 8.23. The molecule has 0 aliphatic carbocycles. The van der Waals surface area contributed by atoms with Crippen molar-refractivity contribution < 1.29 is 14.1 Å². The maximum Gasteiger partial charge on any atom is 0.242 e. The molecule has 0 bridgehead atoms. The number of hydrogen-bond acceptors (Lipinski definition) is 9. The Morgan fingerprint density at radius 1 is 1.20 bits per heavy atom. The molecule has 3 rings (SSSR count). The van der Waals surface area contributed by atoms with Crippen molar-refractivity contribution in [2.75, 3.05) is 19.4 Å². The van der Waals surface area contributed by atoms with Crippen LogP contribution < -0.4 is 10.6 Å². The Labute approximate surface area is 218 Å². The molecule has 0 fully saturated rings. The van der Waals surface area contributed by atoms with E-state index >= 15 is 0 Å². The Morgan fingerprint density at radius 3 is 2.63 bits per heavy atom. The number of carbonyl (C=O) groups is 1. The van der Waals surface area contributed by atoms with E-state index in [0.717, 1.165) is 17.8 Å². The number of imidazole rings is 1. The van der Waals surface area contributed by atoms with Gasteiger partial charge in [0.15, 0.2) is 18.1 Å². The van der Waals surface area contributed by atoms with Crippen LogP contribution in [-0.2, 0) is 20.7 Å². The molecule has 1 unspecified atom stereocenters. The van der Waals surface area contributed by atoms with Crippen LogP contribution in [0, 0.1) is 5.92 Å². The number of hydrogen-bond donors (Lipinski definition) is 2. The van der Waals surface area contributed by atoms with E-state index in [9.17, 15) is 4.79 Å². The molecule has 0 spiro atoms. The number of benzene rings is 1. The van der Waals surface area contributed by atoms with Crippen LogP contribution in [0.5, 0.6) is 0 Å². The molecule has 13 heteroatoms. The number of hydroxylamine groups is 2. The van der Waals surface area contributed by atoms with E-state index in [-0.39, 0.29) is 17.1 Å². The summed E-state index contributed by atoms with van der Waals surface area (Å²) in [5.74, 6) is 0.973. The zero-order valence-electron chi connectivity index (χ0n) is 19.7. The van der Waals surface area contributed by atoms with Gasteiger partial charge in [-0.15, -0.1) is 9.32 Å². The quantitative estimate of drug-likeness (QED) is 0.147. The fourth-order valence-electron chi connectivity index (χ4n) is 3.04. The molecule has 35 heavy (non-hydrogen) atoms. The molecule has 1 aromatic carbocycles. The smallest absolute Gasteiger partial charge is 0.242 e. The molecule has 2 N–H and O–H groups in total. The van der Waals surface area contributed by atoms with E-state index < -0.39 is 6.04 Å². The fourth-order valence-corrected chi connectivity index (χ4v) is 3.88. The molecule has 188 valence electrons. The van der Waals surface area contributed by atoms with Gasteiger partial charge >= 0.3 is 0 Å². The monoisotopic (exact) mass is 539 g/mol. The highest BCUT2D eigenvalue weighted by Crippen LogP contribution is 2.25. The fraction of sp³-hybridized carbons (Fsp3) is 0.364. The molecule has 10 nitrogen and oxygen atoms in total. The lowest BCUT2D eigenvalue weighted by Crippen LogP contribution is -2.40. The number of nitrogens with zero attached hydrogens (tertiary/aromatic N) is 5. The molecular weight excluding hydrogens is 513 g/mol. The van der Waals surface area contributed by atoms with Crippen molar-refractivity contribution in [2.45, 2.75) is 32.9 Å². The minimum atomic E-state index is -0.535. The molecule has 0 radical (unpaired) electrons.